The van der Waals surface area contributed by atoms with Gasteiger partial charge in [0, 0.05) is 11.0 Å². The summed E-state index contributed by atoms with van der Waals surface area (Å²) in [6, 6.07) is 19.2. The minimum absolute atomic E-state index is 0.106. The Balaban J connectivity index is 1.66. The van der Waals surface area contributed by atoms with Crippen molar-refractivity contribution in [1.29, 1.82) is 0 Å². The van der Waals surface area contributed by atoms with Crippen LogP contribution in [0, 0.1) is 19.8 Å². The molecule has 0 N–H and O–H groups in total. The molecule has 278 valence electrons. The van der Waals surface area contributed by atoms with Crippen LogP contribution in [0.15, 0.2) is 54.6 Å². The molecule has 0 bridgehead atoms. The van der Waals surface area contributed by atoms with Crippen molar-refractivity contribution >= 4 is 18.2 Å². The van der Waals surface area contributed by atoms with Crippen molar-refractivity contribution in [2.24, 2.45) is 5.92 Å². The van der Waals surface area contributed by atoms with Crippen molar-refractivity contribution in [2.45, 2.75) is 169 Å². The monoisotopic (exact) mass is 689 g/mol. The average molecular weight is 689 g/mol. The summed E-state index contributed by atoms with van der Waals surface area (Å²) >= 11 is 0. The SMILES string of the molecule is C/C=C/c1cc(C)c(/C=C/c2ccc3c(c2)C(CCCCCCCC)(CCCCCCCC)c2cc(C)ccc2-3)cc1OCC(CC)CCCC. The number of fused-ring (bicyclic) bond motifs is 3. The zero-order valence-corrected chi connectivity index (χ0v) is 33.8. The van der Waals surface area contributed by atoms with Gasteiger partial charge < -0.3 is 4.74 Å². The first-order chi connectivity index (χ1) is 24.9. The van der Waals surface area contributed by atoms with Crippen molar-refractivity contribution in [3.05, 3.63) is 93.6 Å². The van der Waals surface area contributed by atoms with E-state index in [1.807, 2.05) is 0 Å². The molecule has 3 aromatic rings. The number of allylic oxidation sites excluding steroid dienone is 1. The Morgan fingerprint density at radius 3 is 1.84 bits per heavy atom. The fraction of sp³-hybridized carbons (Fsp3) is 0.560. The third-order valence-corrected chi connectivity index (χ3v) is 11.7. The van der Waals surface area contributed by atoms with Gasteiger partial charge in [-0.25, -0.2) is 0 Å². The van der Waals surface area contributed by atoms with Crippen LogP contribution in [0.3, 0.4) is 0 Å². The second-order valence-electron chi connectivity index (χ2n) is 15.8. The fourth-order valence-corrected chi connectivity index (χ4v) is 8.44. The second kappa shape index (κ2) is 21.5. The first-order valence-corrected chi connectivity index (χ1v) is 21.2. The lowest BCUT2D eigenvalue weighted by Gasteiger charge is -2.33. The molecule has 51 heavy (non-hydrogen) atoms. The van der Waals surface area contributed by atoms with Crippen LogP contribution < -0.4 is 4.74 Å². The van der Waals surface area contributed by atoms with Crippen molar-refractivity contribution < 1.29 is 4.74 Å². The molecule has 1 atom stereocenters. The van der Waals surface area contributed by atoms with E-state index in [1.54, 1.807) is 11.1 Å². The number of rotatable bonds is 24. The standard InChI is InChI=1S/C50H72O/c1-8-13-16-18-20-22-32-50(33-23-21-19-17-14-9-2)47-34-39(6)26-30-45(47)46-31-28-42(36-48(46)50)27-29-43-37-49(44(24-11-4)35-40(43)7)51-38-41(12-5)25-15-10-3/h11,24,26-31,34-37,41H,8-10,12-23,25,32-33,38H2,1-7H3/b24-11+,29-27+. The van der Waals surface area contributed by atoms with E-state index in [4.69, 9.17) is 4.74 Å². The van der Waals surface area contributed by atoms with Crippen LogP contribution in [0.4, 0.5) is 0 Å². The summed E-state index contributed by atoms with van der Waals surface area (Å²) in [6.07, 6.45) is 32.6. The third-order valence-electron chi connectivity index (χ3n) is 11.7. The molecule has 3 aromatic carbocycles. The third kappa shape index (κ3) is 11.2. The minimum atomic E-state index is 0.106. The first-order valence-electron chi connectivity index (χ1n) is 21.2. The van der Waals surface area contributed by atoms with Gasteiger partial charge in [-0.2, -0.15) is 0 Å². The van der Waals surface area contributed by atoms with Gasteiger partial charge in [0.15, 0.2) is 0 Å². The van der Waals surface area contributed by atoms with E-state index >= 15 is 0 Å². The van der Waals surface area contributed by atoms with Crippen LogP contribution in [0.1, 0.15) is 189 Å². The second-order valence-corrected chi connectivity index (χ2v) is 15.8. The van der Waals surface area contributed by atoms with E-state index < -0.39 is 0 Å². The molecule has 1 heteroatoms. The smallest absolute Gasteiger partial charge is 0.127 e. The molecule has 0 heterocycles. The Morgan fingerprint density at radius 2 is 1.22 bits per heavy atom. The molecule has 1 aliphatic carbocycles. The molecule has 0 spiro atoms. The van der Waals surface area contributed by atoms with Crippen LogP contribution in [-0.2, 0) is 5.41 Å². The molecular weight excluding hydrogens is 617 g/mol. The lowest BCUT2D eigenvalue weighted by Crippen LogP contribution is -2.25. The van der Waals surface area contributed by atoms with E-state index in [1.165, 1.54) is 155 Å². The van der Waals surface area contributed by atoms with Gasteiger partial charge in [-0.15, -0.1) is 0 Å². The zero-order valence-electron chi connectivity index (χ0n) is 33.8. The number of ether oxygens (including phenoxy) is 1. The Hall–Kier alpha value is -3.06. The normalized spacial score (nSPS) is 14.0. The molecule has 0 aliphatic heterocycles. The highest BCUT2D eigenvalue weighted by molar-refractivity contribution is 5.84. The number of hydrogen-bond acceptors (Lipinski definition) is 1. The van der Waals surface area contributed by atoms with Crippen LogP contribution in [0.2, 0.25) is 0 Å². The van der Waals surface area contributed by atoms with Gasteiger partial charge in [0.05, 0.1) is 6.61 Å². The molecule has 0 saturated heterocycles. The molecule has 0 amide bonds. The molecular formula is C50H72O. The summed E-state index contributed by atoms with van der Waals surface area (Å²) in [5.41, 5.74) is 12.6. The molecule has 1 aliphatic rings. The minimum Gasteiger partial charge on any atom is -0.493 e. The van der Waals surface area contributed by atoms with Gasteiger partial charge in [0.1, 0.15) is 5.75 Å². The van der Waals surface area contributed by atoms with Gasteiger partial charge in [-0.3, -0.25) is 0 Å². The van der Waals surface area contributed by atoms with Gasteiger partial charge in [-0.1, -0.05) is 190 Å². The van der Waals surface area contributed by atoms with Crippen LogP contribution in [0.25, 0.3) is 29.4 Å². The molecule has 0 aromatic heterocycles. The summed E-state index contributed by atoms with van der Waals surface area (Å²) in [5.74, 6) is 1.61. The summed E-state index contributed by atoms with van der Waals surface area (Å²) in [6.45, 7) is 16.6. The lowest BCUT2D eigenvalue weighted by atomic mass is 9.70. The fourth-order valence-electron chi connectivity index (χ4n) is 8.44. The Labute approximate surface area is 314 Å². The maximum Gasteiger partial charge on any atom is 0.127 e. The molecule has 0 radical (unpaired) electrons. The lowest BCUT2D eigenvalue weighted by molar-refractivity contribution is 0.233. The largest absolute Gasteiger partial charge is 0.493 e. The number of aryl methyl sites for hydroxylation is 2. The van der Waals surface area contributed by atoms with E-state index in [9.17, 15) is 0 Å². The Kier molecular flexibility index (Phi) is 17.1. The average Bonchev–Trinajstić information content (AvgIpc) is 3.39. The van der Waals surface area contributed by atoms with E-state index in [0.717, 1.165) is 12.4 Å². The van der Waals surface area contributed by atoms with Gasteiger partial charge in [0.2, 0.25) is 0 Å². The maximum atomic E-state index is 6.57. The molecule has 0 saturated carbocycles. The summed E-state index contributed by atoms with van der Waals surface area (Å²) in [7, 11) is 0. The van der Waals surface area contributed by atoms with Crippen molar-refractivity contribution in [3.63, 3.8) is 0 Å². The zero-order chi connectivity index (χ0) is 36.5. The van der Waals surface area contributed by atoms with Gasteiger partial charge in [0.25, 0.3) is 0 Å². The molecule has 1 unspecified atom stereocenters. The van der Waals surface area contributed by atoms with Crippen molar-refractivity contribution in [2.75, 3.05) is 6.61 Å². The molecule has 0 fully saturated rings. The van der Waals surface area contributed by atoms with Gasteiger partial charge in [-0.05, 0) is 97.0 Å². The predicted octanol–water partition coefficient (Wildman–Crippen LogP) is 15.9. The van der Waals surface area contributed by atoms with E-state index in [-0.39, 0.29) is 5.41 Å². The van der Waals surface area contributed by atoms with Gasteiger partial charge >= 0.3 is 0 Å². The first kappa shape index (κ1) is 40.7. The molecule has 4 rings (SSSR count). The highest BCUT2D eigenvalue weighted by Crippen LogP contribution is 2.54. The molecule has 1 nitrogen and oxygen atoms in total. The quantitative estimate of drug-likeness (QED) is 0.0672. The Morgan fingerprint density at radius 1 is 0.608 bits per heavy atom. The van der Waals surface area contributed by atoms with E-state index in [2.05, 4.69) is 121 Å². The highest BCUT2D eigenvalue weighted by Gasteiger charge is 2.42. The van der Waals surface area contributed by atoms with E-state index in [0.29, 0.717) is 5.92 Å². The van der Waals surface area contributed by atoms with Crippen molar-refractivity contribution in [3.8, 4) is 16.9 Å². The number of hydrogen-bond donors (Lipinski definition) is 0. The maximum absolute atomic E-state index is 6.57. The number of benzene rings is 3. The van der Waals surface area contributed by atoms with Crippen LogP contribution in [-0.4, -0.2) is 6.61 Å². The van der Waals surface area contributed by atoms with Crippen molar-refractivity contribution in [1.82, 2.24) is 0 Å². The summed E-state index contributed by atoms with van der Waals surface area (Å²) in [4.78, 5) is 0. The summed E-state index contributed by atoms with van der Waals surface area (Å²) < 4.78 is 6.57. The number of unbranched alkanes of at least 4 members (excludes halogenated alkanes) is 11. The predicted molar refractivity (Wildman–Crippen MR) is 227 cm³/mol. The van der Waals surface area contributed by atoms with Crippen LogP contribution in [0.5, 0.6) is 5.75 Å². The topological polar surface area (TPSA) is 9.23 Å². The highest BCUT2D eigenvalue weighted by atomic mass is 16.5. The Bertz CT molecular complexity index is 1520. The van der Waals surface area contributed by atoms with Crippen LogP contribution >= 0.6 is 0 Å². The summed E-state index contributed by atoms with van der Waals surface area (Å²) in [5, 5.41) is 0.